The lowest BCUT2D eigenvalue weighted by Gasteiger charge is -2.10. The highest BCUT2D eigenvalue weighted by Gasteiger charge is 2.29. The molecule has 1 aromatic heterocycles. The summed E-state index contributed by atoms with van der Waals surface area (Å²) in [5.74, 6) is -2.38. The van der Waals surface area contributed by atoms with Crippen LogP contribution < -0.4 is 15.4 Å². The van der Waals surface area contributed by atoms with Crippen LogP contribution in [0.1, 0.15) is 10.4 Å². The number of anilines is 3. The van der Waals surface area contributed by atoms with Gasteiger partial charge in [0.2, 0.25) is 0 Å². The third kappa shape index (κ3) is 6.78. The smallest absolute Gasteiger partial charge is 0.322 e. The molecule has 0 fully saturated rings. The van der Waals surface area contributed by atoms with Gasteiger partial charge < -0.3 is 15.7 Å². The van der Waals surface area contributed by atoms with Gasteiger partial charge in [-0.2, -0.15) is 0 Å². The standard InChI is InChI=1S/C24H18N6O9S2/c31-21(32)12-25-22-19(29(34)35)10-15(11-20(22)30(36)37)23(33)26-16-6-8-17(9-7-16)41(38,39)28-24-27-18(13-40-24)14-4-2-1-3-5-14/h1-11,13,25H,12H2,(H,26,33)(H,27,28)(H,31,32). The van der Waals surface area contributed by atoms with Gasteiger partial charge in [-0.15, -0.1) is 11.3 Å². The van der Waals surface area contributed by atoms with Gasteiger partial charge in [0, 0.05) is 28.8 Å². The fourth-order valence-electron chi connectivity index (χ4n) is 3.53. The first kappa shape index (κ1) is 28.6. The number of nitro benzene ring substituents is 2. The number of rotatable bonds is 11. The highest BCUT2D eigenvalue weighted by atomic mass is 32.2. The number of hydrogen-bond donors (Lipinski definition) is 4. The summed E-state index contributed by atoms with van der Waals surface area (Å²) in [6, 6.07) is 15.6. The number of amides is 1. The van der Waals surface area contributed by atoms with Crippen molar-refractivity contribution in [3.05, 3.63) is 97.9 Å². The summed E-state index contributed by atoms with van der Waals surface area (Å²) < 4.78 is 28.0. The van der Waals surface area contributed by atoms with Crippen LogP contribution in [0.15, 0.2) is 77.0 Å². The average Bonchev–Trinajstić information content (AvgIpc) is 3.39. The van der Waals surface area contributed by atoms with E-state index in [9.17, 15) is 38.2 Å². The van der Waals surface area contributed by atoms with Crippen LogP contribution in [0, 0.1) is 20.2 Å². The second-order valence-electron chi connectivity index (χ2n) is 8.14. The molecule has 0 unspecified atom stereocenters. The van der Waals surface area contributed by atoms with Gasteiger partial charge >= 0.3 is 5.97 Å². The predicted molar refractivity (Wildman–Crippen MR) is 149 cm³/mol. The first-order valence-corrected chi connectivity index (χ1v) is 13.7. The number of aromatic nitrogens is 1. The fraction of sp³-hybridized carbons (Fsp3) is 0.0417. The van der Waals surface area contributed by atoms with Gasteiger partial charge in [0.1, 0.15) is 6.54 Å². The van der Waals surface area contributed by atoms with Crippen molar-refractivity contribution in [1.29, 1.82) is 0 Å². The molecule has 0 aliphatic carbocycles. The van der Waals surface area contributed by atoms with Crippen molar-refractivity contribution < 1.29 is 33.0 Å². The van der Waals surface area contributed by atoms with E-state index in [1.54, 1.807) is 5.38 Å². The lowest BCUT2D eigenvalue weighted by atomic mass is 10.1. The van der Waals surface area contributed by atoms with Crippen molar-refractivity contribution in [2.75, 3.05) is 21.9 Å². The summed E-state index contributed by atoms with van der Waals surface area (Å²) in [5, 5.41) is 38.2. The van der Waals surface area contributed by atoms with E-state index in [0.29, 0.717) is 5.69 Å². The molecule has 17 heteroatoms. The van der Waals surface area contributed by atoms with Crippen LogP contribution in [-0.4, -0.2) is 46.8 Å². The van der Waals surface area contributed by atoms with E-state index in [-0.39, 0.29) is 15.7 Å². The van der Waals surface area contributed by atoms with Crippen LogP contribution in [0.25, 0.3) is 11.3 Å². The Kier molecular flexibility index (Phi) is 8.20. The maximum atomic E-state index is 12.8. The molecule has 0 atom stereocenters. The molecule has 1 heterocycles. The van der Waals surface area contributed by atoms with Crippen LogP contribution >= 0.6 is 11.3 Å². The molecule has 0 aliphatic heterocycles. The molecule has 0 bridgehead atoms. The van der Waals surface area contributed by atoms with Crippen molar-refractivity contribution in [2.45, 2.75) is 4.90 Å². The predicted octanol–water partition coefficient (Wildman–Crippen LogP) is 4.18. The van der Waals surface area contributed by atoms with Crippen molar-refractivity contribution in [3.8, 4) is 11.3 Å². The molecule has 15 nitrogen and oxygen atoms in total. The summed E-state index contributed by atoms with van der Waals surface area (Å²) in [6.45, 7) is -0.839. The lowest BCUT2D eigenvalue weighted by molar-refractivity contribution is -0.392. The third-order valence-corrected chi connectivity index (χ3v) is 7.63. The van der Waals surface area contributed by atoms with Gasteiger partial charge in [-0.3, -0.25) is 34.5 Å². The molecule has 210 valence electrons. The van der Waals surface area contributed by atoms with E-state index in [2.05, 4.69) is 20.3 Å². The molecule has 0 saturated carbocycles. The maximum Gasteiger partial charge on any atom is 0.322 e. The Morgan fingerprint density at radius 2 is 1.56 bits per heavy atom. The number of carboxylic acids is 1. The van der Waals surface area contributed by atoms with Crippen molar-refractivity contribution in [1.82, 2.24) is 4.98 Å². The molecule has 0 saturated heterocycles. The highest BCUT2D eigenvalue weighted by molar-refractivity contribution is 7.93. The number of carbonyl (C=O) groups excluding carboxylic acids is 1. The maximum absolute atomic E-state index is 12.8. The van der Waals surface area contributed by atoms with Crippen molar-refractivity contribution in [2.24, 2.45) is 0 Å². The third-order valence-electron chi connectivity index (χ3n) is 5.39. The molecule has 0 radical (unpaired) electrons. The van der Waals surface area contributed by atoms with Crippen LogP contribution in [0.5, 0.6) is 0 Å². The summed E-state index contributed by atoms with van der Waals surface area (Å²) in [4.78, 5) is 48.8. The molecular formula is C24H18N6O9S2. The van der Waals surface area contributed by atoms with Crippen molar-refractivity contribution in [3.63, 3.8) is 0 Å². The number of nitrogens with one attached hydrogen (secondary N) is 3. The van der Waals surface area contributed by atoms with Crippen LogP contribution in [-0.2, 0) is 14.8 Å². The molecule has 4 N–H and O–H groups in total. The molecule has 4 rings (SSSR count). The quantitative estimate of drug-likeness (QED) is 0.141. The summed E-state index contributed by atoms with van der Waals surface area (Å²) in [6.07, 6.45) is 0. The summed E-state index contributed by atoms with van der Waals surface area (Å²) in [5.41, 5.74) is -1.38. The van der Waals surface area contributed by atoms with Crippen LogP contribution in [0.2, 0.25) is 0 Å². The van der Waals surface area contributed by atoms with Gasteiger partial charge in [0.15, 0.2) is 10.8 Å². The van der Waals surface area contributed by atoms with Gasteiger partial charge in [0.05, 0.1) is 26.0 Å². The number of nitrogens with zero attached hydrogens (tertiary/aromatic N) is 3. The van der Waals surface area contributed by atoms with E-state index in [1.165, 1.54) is 24.3 Å². The molecule has 1 amide bonds. The zero-order chi connectivity index (χ0) is 29.7. The second-order valence-corrected chi connectivity index (χ2v) is 10.7. The van der Waals surface area contributed by atoms with Gasteiger partial charge in [-0.25, -0.2) is 13.4 Å². The minimum absolute atomic E-state index is 0.0907. The fourth-order valence-corrected chi connectivity index (χ4v) is 5.51. The number of benzene rings is 3. The van der Waals surface area contributed by atoms with Gasteiger partial charge in [-0.1, -0.05) is 30.3 Å². The number of hydrogen-bond acceptors (Lipinski definition) is 11. The van der Waals surface area contributed by atoms with Crippen LogP contribution in [0.4, 0.5) is 27.9 Å². The van der Waals surface area contributed by atoms with Gasteiger partial charge in [0.25, 0.3) is 27.3 Å². The molecule has 4 aromatic rings. The number of carboxylic acid groups (broad SMARTS) is 1. The van der Waals surface area contributed by atoms with Crippen molar-refractivity contribution >= 4 is 61.1 Å². The molecule has 0 spiro atoms. The Balaban J connectivity index is 1.51. The van der Waals surface area contributed by atoms with E-state index in [0.717, 1.165) is 29.0 Å². The Hall–Kier alpha value is -5.42. The Bertz CT molecular complexity index is 1720. The summed E-state index contributed by atoms with van der Waals surface area (Å²) in [7, 11) is -4.04. The monoisotopic (exact) mass is 598 g/mol. The molecular weight excluding hydrogens is 580 g/mol. The highest BCUT2D eigenvalue weighted by Crippen LogP contribution is 2.36. The molecule has 3 aromatic carbocycles. The second kappa shape index (κ2) is 11.8. The number of sulfonamides is 1. The number of carbonyl (C=O) groups is 2. The minimum atomic E-state index is -4.04. The Morgan fingerprint density at radius 1 is 0.951 bits per heavy atom. The van der Waals surface area contributed by atoms with E-state index in [4.69, 9.17) is 5.11 Å². The Morgan fingerprint density at radius 3 is 2.12 bits per heavy atom. The van der Waals surface area contributed by atoms with E-state index in [1.807, 2.05) is 30.3 Å². The van der Waals surface area contributed by atoms with Crippen LogP contribution in [0.3, 0.4) is 0 Å². The largest absolute Gasteiger partial charge is 0.480 e. The zero-order valence-corrected chi connectivity index (χ0v) is 22.1. The Labute approximate surface area is 234 Å². The number of nitro groups is 2. The summed E-state index contributed by atoms with van der Waals surface area (Å²) >= 11 is 1.10. The first-order valence-electron chi connectivity index (χ1n) is 11.3. The zero-order valence-electron chi connectivity index (χ0n) is 20.5. The topological polar surface area (TPSA) is 224 Å². The number of thiazole rings is 1. The van der Waals surface area contributed by atoms with Gasteiger partial charge in [-0.05, 0) is 24.3 Å². The van der Waals surface area contributed by atoms with E-state index >= 15 is 0 Å². The van der Waals surface area contributed by atoms with E-state index < -0.39 is 60.9 Å². The lowest BCUT2D eigenvalue weighted by Crippen LogP contribution is -2.17. The first-order chi connectivity index (χ1) is 19.4. The average molecular weight is 599 g/mol. The SMILES string of the molecule is O=C(O)CNc1c([N+](=O)[O-])cc(C(=O)Nc2ccc(S(=O)(=O)Nc3nc(-c4ccccc4)cs3)cc2)cc1[N+](=O)[O-]. The number of aliphatic carboxylic acids is 1. The molecule has 41 heavy (non-hydrogen) atoms. The molecule has 0 aliphatic rings. The normalized spacial score (nSPS) is 10.9. The minimum Gasteiger partial charge on any atom is -0.480 e.